The highest BCUT2D eigenvalue weighted by molar-refractivity contribution is 5.11. The molecule has 1 aromatic heterocycles. The number of nitrogens with zero attached hydrogens (tertiary/aromatic N) is 2. The Morgan fingerprint density at radius 2 is 2.41 bits per heavy atom. The van der Waals surface area contributed by atoms with E-state index in [1.165, 1.54) is 12.1 Å². The molecule has 0 radical (unpaired) electrons. The molecule has 2 fully saturated rings. The van der Waals surface area contributed by atoms with Gasteiger partial charge in [-0.1, -0.05) is 6.92 Å². The van der Waals surface area contributed by atoms with Crippen molar-refractivity contribution in [2.24, 2.45) is 5.92 Å². The fourth-order valence-electron chi connectivity index (χ4n) is 2.93. The van der Waals surface area contributed by atoms with Crippen LogP contribution in [0.5, 0.6) is 0 Å². The van der Waals surface area contributed by atoms with Crippen LogP contribution in [0.4, 0.5) is 0 Å². The summed E-state index contributed by atoms with van der Waals surface area (Å²) in [5, 5.41) is 3.32. The van der Waals surface area contributed by atoms with Crippen LogP contribution in [0, 0.1) is 5.92 Å². The van der Waals surface area contributed by atoms with Crippen LogP contribution in [-0.2, 0) is 11.3 Å². The Morgan fingerprint density at radius 3 is 3.12 bits per heavy atom. The molecule has 0 amide bonds. The normalized spacial score (nSPS) is 29.5. The van der Waals surface area contributed by atoms with E-state index >= 15 is 0 Å². The van der Waals surface area contributed by atoms with Crippen molar-refractivity contribution >= 4 is 0 Å². The molecule has 2 aliphatic heterocycles. The predicted octanol–water partition coefficient (Wildman–Crippen LogP) is 1.38. The van der Waals surface area contributed by atoms with Crippen molar-refractivity contribution in [3.05, 3.63) is 18.2 Å². The maximum Gasteiger partial charge on any atom is 0.0948 e. The monoisotopic (exact) mass is 235 g/mol. The van der Waals surface area contributed by atoms with Gasteiger partial charge in [0.1, 0.15) is 0 Å². The van der Waals surface area contributed by atoms with Gasteiger partial charge in [-0.15, -0.1) is 0 Å². The summed E-state index contributed by atoms with van der Waals surface area (Å²) in [6.45, 7) is 6.42. The van der Waals surface area contributed by atoms with Gasteiger partial charge in [-0.05, 0) is 12.8 Å². The number of hydrogen-bond acceptors (Lipinski definition) is 3. The van der Waals surface area contributed by atoms with Crippen LogP contribution in [0.25, 0.3) is 0 Å². The van der Waals surface area contributed by atoms with Gasteiger partial charge >= 0.3 is 0 Å². The van der Waals surface area contributed by atoms with Crippen LogP contribution in [0.1, 0.15) is 31.4 Å². The fraction of sp³-hybridized carbons (Fsp3) is 0.769. The van der Waals surface area contributed by atoms with E-state index in [1.54, 1.807) is 0 Å². The standard InChI is InChI=1S/C13H21N3O/c1-2-13-10(3-4-17-13)8-16-9-15-7-12(16)11-5-14-6-11/h7,9-11,13-14H,2-6,8H2,1H3. The summed E-state index contributed by atoms with van der Waals surface area (Å²) in [7, 11) is 0. The Hall–Kier alpha value is -0.870. The van der Waals surface area contributed by atoms with Gasteiger partial charge in [-0.3, -0.25) is 0 Å². The Kier molecular flexibility index (Phi) is 3.16. The molecule has 94 valence electrons. The molecule has 3 heterocycles. The minimum absolute atomic E-state index is 0.449. The second-order valence-electron chi connectivity index (χ2n) is 5.19. The zero-order valence-corrected chi connectivity index (χ0v) is 10.4. The maximum absolute atomic E-state index is 5.76. The molecule has 0 aliphatic carbocycles. The summed E-state index contributed by atoms with van der Waals surface area (Å²) in [5.41, 5.74) is 1.39. The van der Waals surface area contributed by atoms with Gasteiger partial charge in [0.25, 0.3) is 0 Å². The second kappa shape index (κ2) is 4.78. The molecular formula is C13H21N3O. The average Bonchev–Trinajstić information content (AvgIpc) is 2.87. The Bertz CT molecular complexity index is 372. The minimum Gasteiger partial charge on any atom is -0.378 e. The van der Waals surface area contributed by atoms with Crippen LogP contribution in [0.3, 0.4) is 0 Å². The van der Waals surface area contributed by atoms with E-state index in [0.29, 0.717) is 17.9 Å². The first-order valence-electron chi connectivity index (χ1n) is 6.70. The third kappa shape index (κ3) is 2.11. The molecule has 1 aromatic rings. The second-order valence-corrected chi connectivity index (χ2v) is 5.19. The first-order valence-corrected chi connectivity index (χ1v) is 6.70. The van der Waals surface area contributed by atoms with Crippen molar-refractivity contribution in [2.75, 3.05) is 19.7 Å². The van der Waals surface area contributed by atoms with Crippen LogP contribution < -0.4 is 5.32 Å². The summed E-state index contributed by atoms with van der Waals surface area (Å²) < 4.78 is 8.10. The number of imidazole rings is 1. The van der Waals surface area contributed by atoms with Gasteiger partial charge in [0, 0.05) is 50.0 Å². The maximum atomic E-state index is 5.76. The van der Waals surface area contributed by atoms with Gasteiger partial charge < -0.3 is 14.6 Å². The van der Waals surface area contributed by atoms with Gasteiger partial charge in [0.2, 0.25) is 0 Å². The molecule has 4 heteroatoms. The smallest absolute Gasteiger partial charge is 0.0948 e. The molecule has 2 atom stereocenters. The van der Waals surface area contributed by atoms with Crippen LogP contribution in [0.2, 0.25) is 0 Å². The van der Waals surface area contributed by atoms with Crippen LogP contribution in [0.15, 0.2) is 12.5 Å². The highest BCUT2D eigenvalue weighted by Gasteiger charge is 2.29. The van der Waals surface area contributed by atoms with Crippen molar-refractivity contribution in [1.29, 1.82) is 0 Å². The third-order valence-corrected chi connectivity index (χ3v) is 4.12. The molecule has 2 aliphatic rings. The lowest BCUT2D eigenvalue weighted by atomic mass is 9.97. The molecule has 2 saturated heterocycles. The summed E-state index contributed by atoms with van der Waals surface area (Å²) in [6.07, 6.45) is 6.78. The summed E-state index contributed by atoms with van der Waals surface area (Å²) >= 11 is 0. The first-order chi connectivity index (χ1) is 8.38. The number of nitrogens with one attached hydrogen (secondary N) is 1. The van der Waals surface area contributed by atoms with Gasteiger partial charge in [0.05, 0.1) is 12.4 Å². The molecule has 0 saturated carbocycles. The van der Waals surface area contributed by atoms with Gasteiger partial charge in [-0.25, -0.2) is 4.98 Å². The third-order valence-electron chi connectivity index (χ3n) is 4.12. The largest absolute Gasteiger partial charge is 0.378 e. The van der Waals surface area contributed by atoms with Crippen molar-refractivity contribution < 1.29 is 4.74 Å². The highest BCUT2D eigenvalue weighted by atomic mass is 16.5. The lowest BCUT2D eigenvalue weighted by Crippen LogP contribution is -2.41. The number of rotatable bonds is 4. The zero-order valence-electron chi connectivity index (χ0n) is 10.4. The lowest BCUT2D eigenvalue weighted by Gasteiger charge is -2.29. The molecule has 0 aromatic carbocycles. The summed E-state index contributed by atoms with van der Waals surface area (Å²) in [5.74, 6) is 1.33. The molecule has 4 nitrogen and oxygen atoms in total. The predicted molar refractivity (Wildman–Crippen MR) is 66.0 cm³/mol. The highest BCUT2D eigenvalue weighted by Crippen LogP contribution is 2.27. The Labute approximate surface area is 102 Å². The quantitative estimate of drug-likeness (QED) is 0.857. The van der Waals surface area contributed by atoms with Crippen LogP contribution >= 0.6 is 0 Å². The molecule has 17 heavy (non-hydrogen) atoms. The Morgan fingerprint density at radius 1 is 1.53 bits per heavy atom. The summed E-state index contributed by atoms with van der Waals surface area (Å²) in [6, 6.07) is 0. The minimum atomic E-state index is 0.449. The van der Waals surface area contributed by atoms with E-state index in [-0.39, 0.29) is 0 Å². The van der Waals surface area contributed by atoms with E-state index in [0.717, 1.165) is 32.7 Å². The number of ether oxygens (including phenoxy) is 1. The zero-order chi connectivity index (χ0) is 11.7. The molecule has 3 rings (SSSR count). The molecule has 0 spiro atoms. The fourth-order valence-corrected chi connectivity index (χ4v) is 2.93. The van der Waals surface area contributed by atoms with E-state index in [4.69, 9.17) is 4.74 Å². The van der Waals surface area contributed by atoms with E-state index in [9.17, 15) is 0 Å². The van der Waals surface area contributed by atoms with Crippen molar-refractivity contribution in [3.8, 4) is 0 Å². The number of aromatic nitrogens is 2. The summed E-state index contributed by atoms with van der Waals surface area (Å²) in [4.78, 5) is 4.31. The Balaban J connectivity index is 1.69. The molecule has 0 bridgehead atoms. The lowest BCUT2D eigenvalue weighted by molar-refractivity contribution is 0.0831. The van der Waals surface area contributed by atoms with Crippen LogP contribution in [-0.4, -0.2) is 35.4 Å². The van der Waals surface area contributed by atoms with E-state index in [2.05, 4.69) is 21.8 Å². The van der Waals surface area contributed by atoms with Gasteiger partial charge in [-0.2, -0.15) is 0 Å². The molecule has 1 N–H and O–H groups in total. The van der Waals surface area contributed by atoms with E-state index in [1.807, 2.05) is 12.5 Å². The SMILES string of the molecule is CCC1OCCC1Cn1cncc1C1CNC1. The van der Waals surface area contributed by atoms with Crippen molar-refractivity contribution in [3.63, 3.8) is 0 Å². The average molecular weight is 235 g/mol. The topological polar surface area (TPSA) is 39.1 Å². The van der Waals surface area contributed by atoms with Crippen molar-refractivity contribution in [1.82, 2.24) is 14.9 Å². The van der Waals surface area contributed by atoms with Crippen molar-refractivity contribution in [2.45, 2.75) is 38.3 Å². The number of hydrogen-bond donors (Lipinski definition) is 1. The molecular weight excluding hydrogens is 214 g/mol. The van der Waals surface area contributed by atoms with Gasteiger partial charge in [0.15, 0.2) is 0 Å². The first kappa shape index (κ1) is 11.2. The van der Waals surface area contributed by atoms with E-state index < -0.39 is 0 Å². The molecule has 2 unspecified atom stereocenters.